The average Bonchev–Trinajstić information content (AvgIpc) is 3.34. The van der Waals surface area contributed by atoms with Crippen LogP contribution in [0.2, 0.25) is 0 Å². The lowest BCUT2D eigenvalue weighted by Gasteiger charge is -2.30. The number of piperidine rings is 1. The molecular formula is C25H28N6O4S. The maximum atomic E-state index is 13.3. The van der Waals surface area contributed by atoms with Crippen molar-refractivity contribution < 1.29 is 17.6 Å². The van der Waals surface area contributed by atoms with Crippen molar-refractivity contribution in [2.45, 2.75) is 50.0 Å². The van der Waals surface area contributed by atoms with E-state index in [9.17, 15) is 13.2 Å². The SMILES string of the molecule is CS(=O)(=O)N1CCC(C(=O)C2(c3nnc(-c4cnc(NC5Cc6ccccc6C5)nc4)o3)CC2)CC1. The molecule has 3 aromatic rings. The molecule has 11 heteroatoms. The molecule has 36 heavy (non-hydrogen) atoms. The molecular weight excluding hydrogens is 480 g/mol. The van der Waals surface area contributed by atoms with Gasteiger partial charge in [0, 0.05) is 37.4 Å². The van der Waals surface area contributed by atoms with Crippen LogP contribution < -0.4 is 5.32 Å². The number of nitrogens with one attached hydrogen (secondary N) is 1. The molecule has 0 unspecified atom stereocenters. The summed E-state index contributed by atoms with van der Waals surface area (Å²) in [5.74, 6) is 1.05. The molecule has 0 amide bonds. The van der Waals surface area contributed by atoms with E-state index < -0.39 is 15.4 Å². The third kappa shape index (κ3) is 4.30. The summed E-state index contributed by atoms with van der Waals surface area (Å²) in [6.45, 7) is 0.732. The van der Waals surface area contributed by atoms with Gasteiger partial charge in [0.2, 0.25) is 21.9 Å². The van der Waals surface area contributed by atoms with Crippen molar-refractivity contribution in [1.82, 2.24) is 24.5 Å². The highest BCUT2D eigenvalue weighted by atomic mass is 32.2. The zero-order chi connectivity index (χ0) is 24.9. The van der Waals surface area contributed by atoms with E-state index in [4.69, 9.17) is 4.42 Å². The number of hydrogen-bond donors (Lipinski definition) is 1. The van der Waals surface area contributed by atoms with Gasteiger partial charge in [0.05, 0.1) is 11.8 Å². The van der Waals surface area contributed by atoms with Crippen LogP contribution in [0.5, 0.6) is 0 Å². The van der Waals surface area contributed by atoms with Gasteiger partial charge in [-0.3, -0.25) is 4.79 Å². The molecule has 2 aromatic heterocycles. The van der Waals surface area contributed by atoms with Gasteiger partial charge >= 0.3 is 0 Å². The molecule has 0 bridgehead atoms. The van der Waals surface area contributed by atoms with Gasteiger partial charge < -0.3 is 9.73 Å². The fourth-order valence-electron chi connectivity index (χ4n) is 5.42. The summed E-state index contributed by atoms with van der Waals surface area (Å²) in [4.78, 5) is 22.2. The Hall–Kier alpha value is -3.18. The predicted molar refractivity (Wildman–Crippen MR) is 132 cm³/mol. The second-order valence-corrected chi connectivity index (χ2v) is 12.1. The lowest BCUT2D eigenvalue weighted by molar-refractivity contribution is -0.127. The number of Topliss-reactive ketones (excluding diaryl/α,β-unsaturated/α-hetero) is 1. The van der Waals surface area contributed by atoms with Crippen LogP contribution in [0.15, 0.2) is 41.1 Å². The Morgan fingerprint density at radius 1 is 1.06 bits per heavy atom. The topological polar surface area (TPSA) is 131 Å². The first-order valence-corrected chi connectivity index (χ1v) is 14.2. The third-order valence-electron chi connectivity index (χ3n) is 7.63. The van der Waals surface area contributed by atoms with E-state index in [1.165, 1.54) is 21.7 Å². The summed E-state index contributed by atoms with van der Waals surface area (Å²) in [5.41, 5.74) is 2.56. The van der Waals surface area contributed by atoms with E-state index in [0.29, 0.717) is 56.2 Å². The molecule has 6 rings (SSSR count). The van der Waals surface area contributed by atoms with E-state index in [1.54, 1.807) is 12.4 Å². The van der Waals surface area contributed by atoms with Crippen molar-refractivity contribution in [3.05, 3.63) is 53.7 Å². The van der Waals surface area contributed by atoms with Gasteiger partial charge in [-0.05, 0) is 49.7 Å². The summed E-state index contributed by atoms with van der Waals surface area (Å²) >= 11 is 0. The summed E-state index contributed by atoms with van der Waals surface area (Å²) in [6.07, 6.45) is 8.76. The van der Waals surface area contributed by atoms with E-state index in [1.807, 2.05) is 0 Å². The van der Waals surface area contributed by atoms with Gasteiger partial charge in [-0.2, -0.15) is 0 Å². The number of aromatic nitrogens is 4. The van der Waals surface area contributed by atoms with Crippen molar-refractivity contribution in [3.63, 3.8) is 0 Å². The van der Waals surface area contributed by atoms with Crippen LogP contribution in [0.3, 0.4) is 0 Å². The molecule has 1 saturated heterocycles. The monoisotopic (exact) mass is 508 g/mol. The Morgan fingerprint density at radius 2 is 1.69 bits per heavy atom. The summed E-state index contributed by atoms with van der Waals surface area (Å²) < 4.78 is 30.9. The zero-order valence-electron chi connectivity index (χ0n) is 20.1. The van der Waals surface area contributed by atoms with Crippen LogP contribution >= 0.6 is 0 Å². The standard InChI is InChI=1S/C25H28N6O4S/c1-36(33,34)31-10-6-16(7-11-31)21(32)25(8-9-25)23-30-29-22(35-23)19-14-26-24(27-15-19)28-20-12-17-4-2-3-5-18(17)13-20/h2-5,14-16,20H,6-13H2,1H3,(H,26,27,28). The largest absolute Gasteiger partial charge is 0.419 e. The first kappa shape index (κ1) is 23.2. The molecule has 0 spiro atoms. The molecule has 10 nitrogen and oxygen atoms in total. The fourth-order valence-corrected chi connectivity index (χ4v) is 6.29. The maximum Gasteiger partial charge on any atom is 0.250 e. The lowest BCUT2D eigenvalue weighted by Crippen LogP contribution is -2.42. The molecule has 1 N–H and O–H groups in total. The van der Waals surface area contributed by atoms with E-state index >= 15 is 0 Å². The summed E-state index contributed by atoms with van der Waals surface area (Å²) in [6, 6.07) is 8.69. The molecule has 0 radical (unpaired) electrons. The Labute approximate surface area is 209 Å². The number of carbonyl (C=O) groups is 1. The Bertz CT molecular complexity index is 1370. The van der Waals surface area contributed by atoms with Crippen LogP contribution in [-0.4, -0.2) is 64.1 Å². The predicted octanol–water partition coefficient (Wildman–Crippen LogP) is 2.38. The number of anilines is 1. The first-order valence-electron chi connectivity index (χ1n) is 12.3. The minimum Gasteiger partial charge on any atom is -0.419 e. The van der Waals surface area contributed by atoms with Crippen molar-refractivity contribution in [2.24, 2.45) is 5.92 Å². The molecule has 3 aliphatic rings. The third-order valence-corrected chi connectivity index (χ3v) is 8.94. The maximum absolute atomic E-state index is 13.3. The highest BCUT2D eigenvalue weighted by Gasteiger charge is 2.57. The molecule has 1 aliphatic heterocycles. The summed E-state index contributed by atoms with van der Waals surface area (Å²) in [7, 11) is -3.23. The number of fused-ring (bicyclic) bond motifs is 1. The fraction of sp³-hybridized carbons (Fsp3) is 0.480. The molecule has 188 valence electrons. The molecule has 3 heterocycles. The van der Waals surface area contributed by atoms with Gasteiger partial charge in [0.1, 0.15) is 5.41 Å². The van der Waals surface area contributed by atoms with Crippen LogP contribution in [0, 0.1) is 5.92 Å². The highest BCUT2D eigenvalue weighted by molar-refractivity contribution is 7.88. The number of nitrogens with zero attached hydrogens (tertiary/aromatic N) is 5. The van der Waals surface area contributed by atoms with Gasteiger partial charge in [0.25, 0.3) is 5.89 Å². The smallest absolute Gasteiger partial charge is 0.250 e. The summed E-state index contributed by atoms with van der Waals surface area (Å²) in [5, 5.41) is 11.8. The van der Waals surface area contributed by atoms with E-state index in [2.05, 4.69) is 49.7 Å². The van der Waals surface area contributed by atoms with Gasteiger partial charge in [-0.1, -0.05) is 24.3 Å². The van der Waals surface area contributed by atoms with Crippen LogP contribution in [0.25, 0.3) is 11.5 Å². The van der Waals surface area contributed by atoms with Gasteiger partial charge in [-0.25, -0.2) is 22.7 Å². The quantitative estimate of drug-likeness (QED) is 0.511. The van der Waals surface area contributed by atoms with E-state index in [0.717, 1.165) is 12.8 Å². The minimum absolute atomic E-state index is 0.0826. The lowest BCUT2D eigenvalue weighted by atomic mass is 9.84. The van der Waals surface area contributed by atoms with Crippen molar-refractivity contribution in [3.8, 4) is 11.5 Å². The Morgan fingerprint density at radius 3 is 2.28 bits per heavy atom. The number of benzene rings is 1. The minimum atomic E-state index is -3.23. The molecule has 2 fully saturated rings. The number of hydrogen-bond acceptors (Lipinski definition) is 9. The van der Waals surface area contributed by atoms with Crippen LogP contribution in [-0.2, 0) is 33.1 Å². The van der Waals surface area contributed by atoms with E-state index in [-0.39, 0.29) is 23.6 Å². The highest BCUT2D eigenvalue weighted by Crippen LogP contribution is 2.51. The van der Waals surface area contributed by atoms with Crippen molar-refractivity contribution >= 4 is 21.8 Å². The normalized spacial score (nSPS) is 20.2. The number of carbonyl (C=O) groups excluding carboxylic acids is 1. The first-order chi connectivity index (χ1) is 17.3. The zero-order valence-corrected chi connectivity index (χ0v) is 20.9. The molecule has 0 atom stereocenters. The van der Waals surface area contributed by atoms with Gasteiger partial charge in [-0.15, -0.1) is 10.2 Å². The van der Waals surface area contributed by atoms with Crippen LogP contribution in [0.1, 0.15) is 42.7 Å². The van der Waals surface area contributed by atoms with Crippen molar-refractivity contribution in [2.75, 3.05) is 24.7 Å². The van der Waals surface area contributed by atoms with Gasteiger partial charge in [0.15, 0.2) is 5.78 Å². The number of rotatable bonds is 7. The molecule has 1 aromatic carbocycles. The molecule has 2 aliphatic carbocycles. The Kier molecular flexibility index (Phi) is 5.64. The molecule has 1 saturated carbocycles. The van der Waals surface area contributed by atoms with Crippen molar-refractivity contribution in [1.29, 1.82) is 0 Å². The van der Waals surface area contributed by atoms with Crippen LogP contribution in [0.4, 0.5) is 5.95 Å². The number of ketones is 1. The second kappa shape index (κ2) is 8.74. The Balaban J connectivity index is 1.10. The average molecular weight is 509 g/mol. The second-order valence-electron chi connectivity index (χ2n) is 10.1. The number of sulfonamides is 1.